The molecule has 1 heterocycles. The number of hydrogen-bond acceptors (Lipinski definition) is 3. The molecule has 4 nitrogen and oxygen atoms in total. The van der Waals surface area contributed by atoms with Gasteiger partial charge in [0.05, 0.1) is 0 Å². The van der Waals surface area contributed by atoms with Crippen molar-refractivity contribution >= 4 is 11.7 Å². The monoisotopic (exact) mass is 345 g/mol. The third-order valence-corrected chi connectivity index (χ3v) is 4.12. The number of carbonyl (C=O) groups is 1. The number of amides is 1. The average molecular weight is 345 g/mol. The number of carbonyl (C=O) groups excluding carboxylic acids is 1. The maximum absolute atomic E-state index is 12.4. The molecule has 0 aliphatic rings. The van der Waals surface area contributed by atoms with Crippen LogP contribution in [0.4, 0.5) is 5.82 Å². The number of nitrogens with zero attached hydrogens (tertiary/aromatic N) is 1. The van der Waals surface area contributed by atoms with Gasteiger partial charge in [0, 0.05) is 24.3 Å². The van der Waals surface area contributed by atoms with Crippen LogP contribution in [0.25, 0.3) is 0 Å². The van der Waals surface area contributed by atoms with Gasteiger partial charge in [-0.2, -0.15) is 0 Å². The Kier molecular flexibility index (Phi) is 5.64. The number of hydrogen-bond donors (Lipinski definition) is 2. The fourth-order valence-electron chi connectivity index (χ4n) is 2.65. The van der Waals surface area contributed by atoms with E-state index in [0.29, 0.717) is 18.7 Å². The Morgan fingerprint density at radius 1 is 0.885 bits per heavy atom. The van der Waals surface area contributed by atoms with Crippen molar-refractivity contribution in [3.63, 3.8) is 0 Å². The van der Waals surface area contributed by atoms with Gasteiger partial charge in [-0.15, -0.1) is 0 Å². The molecular weight excluding hydrogens is 322 g/mol. The van der Waals surface area contributed by atoms with Crippen LogP contribution in [0.15, 0.2) is 66.7 Å². The number of pyridine rings is 1. The van der Waals surface area contributed by atoms with Gasteiger partial charge in [-0.3, -0.25) is 4.79 Å². The van der Waals surface area contributed by atoms with E-state index in [1.54, 1.807) is 0 Å². The second kappa shape index (κ2) is 8.30. The fourth-order valence-corrected chi connectivity index (χ4v) is 2.65. The van der Waals surface area contributed by atoms with E-state index in [4.69, 9.17) is 0 Å². The molecule has 1 aromatic heterocycles. The van der Waals surface area contributed by atoms with Gasteiger partial charge >= 0.3 is 0 Å². The fraction of sp³-hybridized carbons (Fsp3) is 0.182. The number of anilines is 1. The van der Waals surface area contributed by atoms with E-state index in [1.165, 1.54) is 5.56 Å². The summed E-state index contributed by atoms with van der Waals surface area (Å²) in [4.78, 5) is 16.8. The van der Waals surface area contributed by atoms with Crippen molar-refractivity contribution in [3.8, 4) is 0 Å². The third kappa shape index (κ3) is 4.93. The number of benzene rings is 2. The van der Waals surface area contributed by atoms with Gasteiger partial charge in [0.15, 0.2) is 0 Å². The lowest BCUT2D eigenvalue weighted by Gasteiger charge is -2.09. The maximum Gasteiger partial charge on any atom is 0.251 e. The molecule has 4 heteroatoms. The van der Waals surface area contributed by atoms with Crippen LogP contribution < -0.4 is 10.6 Å². The van der Waals surface area contributed by atoms with Gasteiger partial charge in [0.2, 0.25) is 0 Å². The Balaban J connectivity index is 1.59. The van der Waals surface area contributed by atoms with Crippen molar-refractivity contribution in [2.24, 2.45) is 0 Å². The van der Waals surface area contributed by atoms with Crippen molar-refractivity contribution < 1.29 is 4.79 Å². The highest BCUT2D eigenvalue weighted by atomic mass is 16.1. The molecule has 0 fully saturated rings. The highest BCUT2D eigenvalue weighted by Gasteiger charge is 2.06. The van der Waals surface area contributed by atoms with E-state index in [9.17, 15) is 4.79 Å². The molecular formula is C22H23N3O. The van der Waals surface area contributed by atoms with Crippen molar-refractivity contribution in [2.45, 2.75) is 26.9 Å². The highest BCUT2D eigenvalue weighted by molar-refractivity contribution is 5.94. The highest BCUT2D eigenvalue weighted by Crippen LogP contribution is 2.10. The smallest absolute Gasteiger partial charge is 0.251 e. The van der Waals surface area contributed by atoms with Crippen LogP contribution in [0.2, 0.25) is 0 Å². The average Bonchev–Trinajstić information content (AvgIpc) is 2.66. The summed E-state index contributed by atoms with van der Waals surface area (Å²) in [5, 5.41) is 6.26. The maximum atomic E-state index is 12.4. The van der Waals surface area contributed by atoms with Crippen molar-refractivity contribution in [3.05, 3.63) is 94.7 Å². The van der Waals surface area contributed by atoms with Crippen LogP contribution in [-0.2, 0) is 13.1 Å². The van der Waals surface area contributed by atoms with Crippen LogP contribution in [0.1, 0.15) is 32.7 Å². The molecule has 0 atom stereocenters. The van der Waals surface area contributed by atoms with E-state index in [-0.39, 0.29) is 5.91 Å². The molecule has 0 aliphatic carbocycles. The van der Waals surface area contributed by atoms with Crippen molar-refractivity contribution in [1.82, 2.24) is 10.3 Å². The molecule has 2 N–H and O–H groups in total. The molecule has 0 saturated carbocycles. The lowest BCUT2D eigenvalue weighted by atomic mass is 10.1. The number of aromatic nitrogens is 1. The Morgan fingerprint density at radius 3 is 2.42 bits per heavy atom. The SMILES string of the molecule is Cc1ccc(CNC(=O)c2cccc(CNc3cccc(C)n3)c2)cc1. The van der Waals surface area contributed by atoms with E-state index >= 15 is 0 Å². The minimum atomic E-state index is -0.0684. The molecule has 3 aromatic rings. The van der Waals surface area contributed by atoms with E-state index in [1.807, 2.05) is 80.6 Å². The lowest BCUT2D eigenvalue weighted by molar-refractivity contribution is 0.0951. The molecule has 0 saturated heterocycles. The van der Waals surface area contributed by atoms with Crippen molar-refractivity contribution in [2.75, 3.05) is 5.32 Å². The summed E-state index contributed by atoms with van der Waals surface area (Å²) in [6.07, 6.45) is 0. The zero-order valence-electron chi connectivity index (χ0n) is 15.1. The normalized spacial score (nSPS) is 10.4. The second-order valence-corrected chi connectivity index (χ2v) is 6.39. The Hall–Kier alpha value is -3.14. The van der Waals surface area contributed by atoms with Gasteiger partial charge in [0.25, 0.3) is 5.91 Å². The summed E-state index contributed by atoms with van der Waals surface area (Å²) in [5.41, 5.74) is 4.97. The first-order valence-electron chi connectivity index (χ1n) is 8.70. The summed E-state index contributed by atoms with van der Waals surface area (Å²) >= 11 is 0. The Bertz CT molecular complexity index is 888. The minimum Gasteiger partial charge on any atom is -0.366 e. The first-order chi connectivity index (χ1) is 12.6. The first-order valence-corrected chi connectivity index (χ1v) is 8.70. The van der Waals surface area contributed by atoms with Crippen LogP contribution in [0.3, 0.4) is 0 Å². The van der Waals surface area contributed by atoms with Gasteiger partial charge in [0.1, 0.15) is 5.82 Å². The summed E-state index contributed by atoms with van der Waals surface area (Å²) in [7, 11) is 0. The quantitative estimate of drug-likeness (QED) is 0.702. The zero-order chi connectivity index (χ0) is 18.4. The topological polar surface area (TPSA) is 54.0 Å². The van der Waals surface area contributed by atoms with Crippen LogP contribution in [0.5, 0.6) is 0 Å². The first kappa shape index (κ1) is 17.7. The predicted octanol–water partition coefficient (Wildman–Crippen LogP) is 4.24. The predicted molar refractivity (Wildman–Crippen MR) is 105 cm³/mol. The summed E-state index contributed by atoms with van der Waals surface area (Å²) in [6, 6.07) is 21.7. The molecule has 0 aliphatic heterocycles. The summed E-state index contributed by atoms with van der Waals surface area (Å²) in [6.45, 7) is 5.16. The number of aryl methyl sites for hydroxylation is 2. The molecule has 0 bridgehead atoms. The molecule has 26 heavy (non-hydrogen) atoms. The van der Waals surface area contributed by atoms with E-state index < -0.39 is 0 Å². The Labute approximate surface area is 154 Å². The van der Waals surface area contributed by atoms with Crippen molar-refractivity contribution in [1.29, 1.82) is 0 Å². The number of nitrogens with one attached hydrogen (secondary N) is 2. The standard InChI is InChI=1S/C22H23N3O/c1-16-9-11-18(12-10-16)14-24-22(26)20-7-4-6-19(13-20)15-23-21-8-3-5-17(2)25-21/h3-13H,14-15H2,1-2H3,(H,23,25)(H,24,26). The third-order valence-electron chi connectivity index (χ3n) is 4.12. The van der Waals surface area contributed by atoms with E-state index in [2.05, 4.69) is 15.6 Å². The summed E-state index contributed by atoms with van der Waals surface area (Å²) < 4.78 is 0. The molecule has 0 radical (unpaired) electrons. The largest absolute Gasteiger partial charge is 0.366 e. The summed E-state index contributed by atoms with van der Waals surface area (Å²) in [5.74, 6) is 0.764. The Morgan fingerprint density at radius 2 is 1.65 bits per heavy atom. The van der Waals surface area contributed by atoms with Gasteiger partial charge < -0.3 is 10.6 Å². The van der Waals surface area contributed by atoms with Gasteiger partial charge in [-0.05, 0) is 49.2 Å². The van der Waals surface area contributed by atoms with Crippen LogP contribution in [0, 0.1) is 13.8 Å². The molecule has 0 unspecified atom stereocenters. The molecule has 1 amide bonds. The lowest BCUT2D eigenvalue weighted by Crippen LogP contribution is -2.22. The second-order valence-electron chi connectivity index (χ2n) is 6.39. The van der Waals surface area contributed by atoms with Crippen LogP contribution in [-0.4, -0.2) is 10.9 Å². The number of rotatable bonds is 6. The van der Waals surface area contributed by atoms with Gasteiger partial charge in [-0.25, -0.2) is 4.98 Å². The molecule has 2 aromatic carbocycles. The molecule has 132 valence electrons. The molecule has 3 rings (SSSR count). The molecule has 0 spiro atoms. The van der Waals surface area contributed by atoms with Gasteiger partial charge in [-0.1, -0.05) is 48.0 Å². The minimum absolute atomic E-state index is 0.0684. The zero-order valence-corrected chi connectivity index (χ0v) is 15.1. The van der Waals surface area contributed by atoms with Crippen LogP contribution >= 0.6 is 0 Å². The van der Waals surface area contributed by atoms with E-state index in [0.717, 1.165) is 22.6 Å².